The van der Waals surface area contributed by atoms with Crippen molar-refractivity contribution in [1.82, 2.24) is 9.88 Å². The van der Waals surface area contributed by atoms with Crippen LogP contribution in [-0.2, 0) is 0 Å². The first-order valence-corrected chi connectivity index (χ1v) is 10.5. The molecule has 0 amide bonds. The predicted molar refractivity (Wildman–Crippen MR) is 112 cm³/mol. The normalized spacial score (nSPS) is 23.1. The van der Waals surface area contributed by atoms with Crippen LogP contribution in [0.2, 0.25) is 0 Å². The number of hydrogen-bond acceptors (Lipinski definition) is 3. The summed E-state index contributed by atoms with van der Waals surface area (Å²) in [7, 11) is 1.67. The minimum atomic E-state index is -0.158. The topological polar surface area (TPSA) is 37.5 Å². The van der Waals surface area contributed by atoms with Crippen molar-refractivity contribution in [2.45, 2.75) is 43.7 Å². The third-order valence-corrected chi connectivity index (χ3v) is 6.55. The first-order chi connectivity index (χ1) is 14.2. The van der Waals surface area contributed by atoms with E-state index in [2.05, 4.69) is 16.1 Å². The van der Waals surface area contributed by atoms with Crippen molar-refractivity contribution in [3.63, 3.8) is 0 Å². The van der Waals surface area contributed by atoms with Crippen LogP contribution in [0.3, 0.4) is 0 Å². The fourth-order valence-corrected chi connectivity index (χ4v) is 4.91. The summed E-state index contributed by atoms with van der Waals surface area (Å²) in [6, 6.07) is 13.5. The van der Waals surface area contributed by atoms with Gasteiger partial charge in [-0.1, -0.05) is 6.07 Å². The van der Waals surface area contributed by atoms with Crippen LogP contribution in [0.4, 0.5) is 4.39 Å². The van der Waals surface area contributed by atoms with E-state index in [-0.39, 0.29) is 11.9 Å². The molecule has 1 N–H and O–H groups in total. The lowest BCUT2D eigenvalue weighted by atomic mass is 9.80. The van der Waals surface area contributed by atoms with Crippen LogP contribution in [0.5, 0.6) is 11.5 Å². The molecule has 29 heavy (non-hydrogen) atoms. The smallest absolute Gasteiger partial charge is 0.124 e. The highest BCUT2D eigenvalue weighted by molar-refractivity contribution is 5.83. The van der Waals surface area contributed by atoms with Crippen molar-refractivity contribution < 1.29 is 13.9 Å². The Morgan fingerprint density at radius 2 is 1.79 bits per heavy atom. The molecule has 0 atom stereocenters. The minimum Gasteiger partial charge on any atom is -0.497 e. The van der Waals surface area contributed by atoms with Crippen LogP contribution in [0, 0.1) is 5.82 Å². The van der Waals surface area contributed by atoms with Crippen LogP contribution in [0.15, 0.2) is 48.7 Å². The molecule has 4 nitrogen and oxygen atoms in total. The zero-order valence-corrected chi connectivity index (χ0v) is 16.7. The standard InChI is InChI=1S/C24H27FN2O2/c1-28-19-3-2-4-20(12-19)29-21-14-27(15-21)18-8-5-16(6-9-18)23-13-26-24-10-7-17(25)11-22(23)24/h2-4,7,10-13,16,18,21,26H,5-6,8-9,14-15H2,1H3/t16-,18-. The number of ether oxygens (including phenoxy) is 2. The Bertz CT molecular complexity index is 987. The van der Waals surface area contributed by atoms with Crippen molar-refractivity contribution in [3.8, 4) is 11.5 Å². The van der Waals surface area contributed by atoms with Gasteiger partial charge in [0, 0.05) is 42.3 Å². The highest BCUT2D eigenvalue weighted by Gasteiger charge is 2.36. The Morgan fingerprint density at radius 1 is 1.00 bits per heavy atom. The molecule has 2 aliphatic rings. The Morgan fingerprint density at radius 3 is 2.59 bits per heavy atom. The second-order valence-corrected chi connectivity index (χ2v) is 8.31. The summed E-state index contributed by atoms with van der Waals surface area (Å²) in [5, 5.41) is 1.05. The fraction of sp³-hybridized carbons (Fsp3) is 0.417. The van der Waals surface area contributed by atoms with Gasteiger partial charge in [-0.05, 0) is 67.5 Å². The first kappa shape index (κ1) is 18.5. The number of aromatic nitrogens is 1. The van der Waals surface area contributed by atoms with E-state index in [4.69, 9.17) is 9.47 Å². The van der Waals surface area contributed by atoms with Gasteiger partial charge in [0.25, 0.3) is 0 Å². The lowest BCUT2D eigenvalue weighted by molar-refractivity contribution is -0.0202. The van der Waals surface area contributed by atoms with Gasteiger partial charge in [-0.15, -0.1) is 0 Å². The van der Waals surface area contributed by atoms with Gasteiger partial charge in [0.1, 0.15) is 23.4 Å². The van der Waals surface area contributed by atoms with E-state index in [1.54, 1.807) is 13.2 Å². The van der Waals surface area contributed by atoms with Crippen LogP contribution >= 0.6 is 0 Å². The molecular formula is C24H27FN2O2. The zero-order valence-electron chi connectivity index (χ0n) is 16.7. The molecule has 5 heteroatoms. The molecule has 0 unspecified atom stereocenters. The Hall–Kier alpha value is -2.53. The van der Waals surface area contributed by atoms with Crippen molar-refractivity contribution in [2.24, 2.45) is 0 Å². The summed E-state index contributed by atoms with van der Waals surface area (Å²) in [5.41, 5.74) is 2.31. The molecule has 5 rings (SSSR count). The quantitative estimate of drug-likeness (QED) is 0.654. The zero-order chi connectivity index (χ0) is 19.8. The number of nitrogens with one attached hydrogen (secondary N) is 1. The van der Waals surface area contributed by atoms with Crippen molar-refractivity contribution >= 4 is 10.9 Å². The molecule has 0 bridgehead atoms. The molecule has 2 aromatic carbocycles. The van der Waals surface area contributed by atoms with Crippen molar-refractivity contribution in [1.29, 1.82) is 0 Å². The molecule has 2 fully saturated rings. The van der Waals surface area contributed by atoms with E-state index < -0.39 is 0 Å². The second kappa shape index (κ2) is 7.71. The third kappa shape index (κ3) is 3.71. The summed E-state index contributed by atoms with van der Waals surface area (Å²) in [6.45, 7) is 1.98. The van der Waals surface area contributed by atoms with Crippen LogP contribution in [-0.4, -0.2) is 42.2 Å². The number of aromatic amines is 1. The molecule has 1 aromatic heterocycles. The number of fused-ring (bicyclic) bond motifs is 1. The number of rotatable bonds is 5. The number of halogens is 1. The number of methoxy groups -OCH3 is 1. The summed E-state index contributed by atoms with van der Waals surface area (Å²) in [5.74, 6) is 2.07. The first-order valence-electron chi connectivity index (χ1n) is 10.5. The maximum atomic E-state index is 13.7. The van der Waals surface area contributed by atoms with E-state index >= 15 is 0 Å². The molecule has 3 aromatic rings. The molecule has 1 saturated carbocycles. The highest BCUT2D eigenvalue weighted by atomic mass is 19.1. The van der Waals surface area contributed by atoms with Crippen molar-refractivity contribution in [2.75, 3.05) is 20.2 Å². The summed E-state index contributed by atoms with van der Waals surface area (Å²) in [6.07, 6.45) is 7.04. The largest absolute Gasteiger partial charge is 0.497 e. The van der Waals surface area contributed by atoms with Gasteiger partial charge in [0.2, 0.25) is 0 Å². The average molecular weight is 394 g/mol. The van der Waals surface area contributed by atoms with Crippen LogP contribution in [0.1, 0.15) is 37.2 Å². The van der Waals surface area contributed by atoms with Gasteiger partial charge in [0.15, 0.2) is 0 Å². The van der Waals surface area contributed by atoms with E-state index in [0.717, 1.165) is 48.3 Å². The van der Waals surface area contributed by atoms with Gasteiger partial charge in [0.05, 0.1) is 7.11 Å². The summed E-state index contributed by atoms with van der Waals surface area (Å²) >= 11 is 0. The minimum absolute atomic E-state index is 0.158. The lowest BCUT2D eigenvalue weighted by Gasteiger charge is -2.46. The molecule has 152 valence electrons. The lowest BCUT2D eigenvalue weighted by Crippen LogP contribution is -2.58. The monoisotopic (exact) mass is 394 g/mol. The summed E-state index contributed by atoms with van der Waals surface area (Å²) < 4.78 is 25.0. The fourth-order valence-electron chi connectivity index (χ4n) is 4.91. The van der Waals surface area contributed by atoms with Crippen LogP contribution < -0.4 is 9.47 Å². The predicted octanol–water partition coefficient (Wildman–Crippen LogP) is 5.11. The number of likely N-dealkylation sites (tertiary alicyclic amines) is 1. The van der Waals surface area contributed by atoms with Gasteiger partial charge in [-0.2, -0.15) is 0 Å². The van der Waals surface area contributed by atoms with Gasteiger partial charge in [-0.3, -0.25) is 4.90 Å². The molecular weight excluding hydrogens is 367 g/mol. The summed E-state index contributed by atoms with van der Waals surface area (Å²) in [4.78, 5) is 5.86. The average Bonchev–Trinajstić information content (AvgIpc) is 3.14. The van der Waals surface area contributed by atoms with Gasteiger partial charge in [-0.25, -0.2) is 4.39 Å². The third-order valence-electron chi connectivity index (χ3n) is 6.55. The maximum Gasteiger partial charge on any atom is 0.124 e. The Labute approximate surface area is 170 Å². The molecule has 1 aliphatic heterocycles. The Balaban J connectivity index is 1.14. The van der Waals surface area contributed by atoms with E-state index in [9.17, 15) is 4.39 Å². The highest BCUT2D eigenvalue weighted by Crippen LogP contribution is 2.39. The second-order valence-electron chi connectivity index (χ2n) is 8.31. The van der Waals surface area contributed by atoms with Crippen LogP contribution in [0.25, 0.3) is 10.9 Å². The molecule has 2 heterocycles. The van der Waals surface area contributed by atoms with Crippen molar-refractivity contribution in [3.05, 3.63) is 60.0 Å². The van der Waals surface area contributed by atoms with Gasteiger partial charge < -0.3 is 14.5 Å². The Kier molecular flexibility index (Phi) is 4.92. The number of H-pyrrole nitrogens is 1. The molecule has 1 aliphatic carbocycles. The molecule has 1 saturated heterocycles. The maximum absolute atomic E-state index is 13.7. The van der Waals surface area contributed by atoms with Gasteiger partial charge >= 0.3 is 0 Å². The molecule has 0 spiro atoms. The van der Waals surface area contributed by atoms with E-state index in [1.807, 2.05) is 30.3 Å². The number of nitrogens with zero attached hydrogens (tertiary/aromatic N) is 1. The molecule has 0 radical (unpaired) electrons. The van der Waals surface area contributed by atoms with E-state index in [1.165, 1.54) is 24.5 Å². The van der Waals surface area contributed by atoms with E-state index in [0.29, 0.717) is 12.0 Å². The number of hydrogen-bond donors (Lipinski definition) is 1. The number of benzene rings is 2. The SMILES string of the molecule is COc1cccc(OC2CN([C@H]3CC[C@H](c4c[nH]c5ccc(F)cc54)CC3)C2)c1.